The quantitative estimate of drug-likeness (QED) is 0.678. The molecule has 4 nitrogen and oxygen atoms in total. The van der Waals surface area contributed by atoms with Crippen LogP contribution >= 0.6 is 0 Å². The van der Waals surface area contributed by atoms with Gasteiger partial charge in [0.25, 0.3) is 0 Å². The lowest BCUT2D eigenvalue weighted by molar-refractivity contribution is 0.267. The smallest absolute Gasteiger partial charge is 0.124 e. The second kappa shape index (κ2) is 8.31. The molecule has 1 heterocycles. The largest absolute Gasteiger partial charge is 0.494 e. The summed E-state index contributed by atoms with van der Waals surface area (Å²) in [7, 11) is 0. The molecule has 0 bridgehead atoms. The predicted molar refractivity (Wildman–Crippen MR) is 101 cm³/mol. The van der Waals surface area contributed by atoms with Crippen LogP contribution in [0.1, 0.15) is 18.1 Å². The molecule has 0 unspecified atom stereocenters. The molecule has 0 saturated carbocycles. The minimum absolute atomic E-state index is 0.0403. The van der Waals surface area contributed by atoms with Crippen molar-refractivity contribution in [3.63, 3.8) is 0 Å². The fourth-order valence-corrected chi connectivity index (χ4v) is 2.71. The number of ether oxygens (including phenoxy) is 1. The van der Waals surface area contributed by atoms with Crippen molar-refractivity contribution in [2.75, 3.05) is 11.9 Å². The van der Waals surface area contributed by atoms with E-state index in [-0.39, 0.29) is 6.61 Å². The molecule has 0 fully saturated rings. The van der Waals surface area contributed by atoms with Gasteiger partial charge in [0.1, 0.15) is 5.75 Å². The molecule has 0 radical (unpaired) electrons. The lowest BCUT2D eigenvalue weighted by atomic mass is 10.0. The maximum atomic E-state index is 9.50. The number of benzene rings is 2. The first-order chi connectivity index (χ1) is 12.3. The first-order valence-corrected chi connectivity index (χ1v) is 8.40. The van der Waals surface area contributed by atoms with E-state index >= 15 is 0 Å². The highest BCUT2D eigenvalue weighted by Crippen LogP contribution is 2.24. The average molecular weight is 334 g/mol. The van der Waals surface area contributed by atoms with Gasteiger partial charge < -0.3 is 15.2 Å². The summed E-state index contributed by atoms with van der Waals surface area (Å²) in [4.78, 5) is 4.18. The number of aliphatic hydroxyl groups excluding tert-OH is 1. The monoisotopic (exact) mass is 334 g/mol. The number of hydrogen-bond donors (Lipinski definition) is 2. The maximum absolute atomic E-state index is 9.50. The molecule has 4 heteroatoms. The van der Waals surface area contributed by atoms with E-state index in [0.717, 1.165) is 28.1 Å². The molecular formula is C21H22N2O2. The first kappa shape index (κ1) is 17.0. The Morgan fingerprint density at radius 2 is 1.92 bits per heavy atom. The van der Waals surface area contributed by atoms with E-state index in [2.05, 4.69) is 40.6 Å². The molecule has 0 aliphatic rings. The van der Waals surface area contributed by atoms with Crippen LogP contribution in [0.5, 0.6) is 5.75 Å². The summed E-state index contributed by atoms with van der Waals surface area (Å²) in [5.74, 6) is 0.731. The molecule has 0 aliphatic carbocycles. The molecule has 3 aromatic rings. The van der Waals surface area contributed by atoms with Crippen molar-refractivity contribution in [3.05, 3.63) is 78.1 Å². The second-order valence-electron chi connectivity index (χ2n) is 5.71. The molecule has 2 N–H and O–H groups in total. The number of anilines is 1. The molecule has 1 aromatic heterocycles. The Labute approximate surface area is 148 Å². The number of pyridine rings is 1. The number of nitrogens with one attached hydrogen (secondary N) is 1. The van der Waals surface area contributed by atoms with Gasteiger partial charge >= 0.3 is 0 Å². The number of nitrogens with zero attached hydrogens (tertiary/aromatic N) is 1. The van der Waals surface area contributed by atoms with Crippen molar-refractivity contribution >= 4 is 5.69 Å². The van der Waals surface area contributed by atoms with E-state index in [1.54, 1.807) is 6.20 Å². The number of aliphatic hydroxyl groups is 1. The predicted octanol–water partition coefficient (Wildman–Crippen LogP) is 4.25. The third-order valence-electron chi connectivity index (χ3n) is 3.95. The van der Waals surface area contributed by atoms with E-state index in [4.69, 9.17) is 4.74 Å². The standard InChI is InChI=1S/C21H22N2O2/c1-2-25-21-9-8-20(12-19(21)15-24)23-13-16-5-3-6-17(11-16)18-7-4-10-22-14-18/h3-12,14,23-24H,2,13,15H2,1H3. The normalized spacial score (nSPS) is 10.5. The minimum atomic E-state index is -0.0403. The summed E-state index contributed by atoms with van der Waals surface area (Å²) >= 11 is 0. The molecule has 0 aliphatic heterocycles. The molecule has 0 spiro atoms. The first-order valence-electron chi connectivity index (χ1n) is 8.40. The highest BCUT2D eigenvalue weighted by molar-refractivity contribution is 5.63. The Morgan fingerprint density at radius 1 is 1.04 bits per heavy atom. The third-order valence-corrected chi connectivity index (χ3v) is 3.95. The van der Waals surface area contributed by atoms with Crippen LogP contribution in [0.4, 0.5) is 5.69 Å². The molecule has 3 rings (SSSR count). The van der Waals surface area contributed by atoms with Gasteiger partial charge in [-0.25, -0.2) is 0 Å². The topological polar surface area (TPSA) is 54.4 Å². The van der Waals surface area contributed by atoms with Gasteiger partial charge in [0, 0.05) is 30.2 Å². The van der Waals surface area contributed by atoms with E-state index < -0.39 is 0 Å². The van der Waals surface area contributed by atoms with E-state index in [1.807, 2.05) is 37.4 Å². The average Bonchev–Trinajstić information content (AvgIpc) is 2.68. The number of rotatable bonds is 7. The fraction of sp³-hybridized carbons (Fsp3) is 0.190. The van der Waals surface area contributed by atoms with Gasteiger partial charge in [0.2, 0.25) is 0 Å². The Bertz CT molecular complexity index is 819. The lowest BCUT2D eigenvalue weighted by Gasteiger charge is -2.12. The van der Waals surface area contributed by atoms with Gasteiger partial charge in [0.15, 0.2) is 0 Å². The van der Waals surface area contributed by atoms with Crippen LogP contribution in [0, 0.1) is 0 Å². The highest BCUT2D eigenvalue weighted by atomic mass is 16.5. The van der Waals surface area contributed by atoms with Crippen molar-refractivity contribution < 1.29 is 9.84 Å². The van der Waals surface area contributed by atoms with Crippen molar-refractivity contribution in [2.24, 2.45) is 0 Å². The van der Waals surface area contributed by atoms with Crippen LogP contribution in [0.25, 0.3) is 11.1 Å². The van der Waals surface area contributed by atoms with Crippen LogP contribution in [-0.4, -0.2) is 16.7 Å². The fourth-order valence-electron chi connectivity index (χ4n) is 2.71. The van der Waals surface area contributed by atoms with E-state index in [0.29, 0.717) is 13.2 Å². The molecule has 0 amide bonds. The molecule has 0 atom stereocenters. The summed E-state index contributed by atoms with van der Waals surface area (Å²) in [6.45, 7) is 3.18. The van der Waals surface area contributed by atoms with Crippen LogP contribution in [0.3, 0.4) is 0 Å². The van der Waals surface area contributed by atoms with Crippen LogP contribution < -0.4 is 10.1 Å². The van der Waals surface area contributed by atoms with Gasteiger partial charge in [-0.3, -0.25) is 4.98 Å². The number of hydrogen-bond acceptors (Lipinski definition) is 4. The van der Waals surface area contributed by atoms with E-state index in [1.165, 1.54) is 5.56 Å². The maximum Gasteiger partial charge on any atom is 0.124 e. The summed E-state index contributed by atoms with van der Waals surface area (Å²) in [6, 6.07) is 18.2. The summed E-state index contributed by atoms with van der Waals surface area (Å²) in [5.41, 5.74) is 5.18. The van der Waals surface area contributed by atoms with E-state index in [9.17, 15) is 5.11 Å². The SMILES string of the molecule is CCOc1ccc(NCc2cccc(-c3cccnc3)c2)cc1CO. The molecule has 0 saturated heterocycles. The Morgan fingerprint density at radius 3 is 2.68 bits per heavy atom. The Kier molecular flexibility index (Phi) is 5.65. The second-order valence-corrected chi connectivity index (χ2v) is 5.71. The van der Waals surface area contributed by atoms with Crippen LogP contribution in [0.15, 0.2) is 67.0 Å². The van der Waals surface area contributed by atoms with Crippen molar-refractivity contribution in [2.45, 2.75) is 20.1 Å². The zero-order valence-corrected chi connectivity index (χ0v) is 14.3. The molecule has 2 aromatic carbocycles. The zero-order valence-electron chi connectivity index (χ0n) is 14.3. The van der Waals surface area contributed by atoms with Crippen molar-refractivity contribution in [1.82, 2.24) is 4.98 Å². The highest BCUT2D eigenvalue weighted by Gasteiger charge is 2.05. The summed E-state index contributed by atoms with van der Waals surface area (Å²) in [5, 5.41) is 12.9. The van der Waals surface area contributed by atoms with Crippen LogP contribution in [-0.2, 0) is 13.2 Å². The Hall–Kier alpha value is -2.85. The van der Waals surface area contributed by atoms with Crippen LogP contribution in [0.2, 0.25) is 0 Å². The van der Waals surface area contributed by atoms with Gasteiger partial charge in [-0.05, 0) is 53.9 Å². The third kappa shape index (κ3) is 4.37. The minimum Gasteiger partial charge on any atom is -0.494 e. The molecule has 128 valence electrons. The van der Waals surface area contributed by atoms with Crippen molar-refractivity contribution in [3.8, 4) is 16.9 Å². The van der Waals surface area contributed by atoms with Gasteiger partial charge in [-0.1, -0.05) is 24.3 Å². The number of aromatic nitrogens is 1. The van der Waals surface area contributed by atoms with Crippen molar-refractivity contribution in [1.29, 1.82) is 0 Å². The lowest BCUT2D eigenvalue weighted by Crippen LogP contribution is -2.02. The van der Waals surface area contributed by atoms with Gasteiger partial charge in [-0.2, -0.15) is 0 Å². The molecule has 25 heavy (non-hydrogen) atoms. The summed E-state index contributed by atoms with van der Waals surface area (Å²) < 4.78 is 5.52. The van der Waals surface area contributed by atoms with Gasteiger partial charge in [-0.15, -0.1) is 0 Å². The summed E-state index contributed by atoms with van der Waals surface area (Å²) in [6.07, 6.45) is 3.64. The molecular weight excluding hydrogens is 312 g/mol. The van der Waals surface area contributed by atoms with Gasteiger partial charge in [0.05, 0.1) is 13.2 Å². The zero-order chi connectivity index (χ0) is 17.5. The Balaban J connectivity index is 1.72.